The average molecular weight is 896 g/mol. The maximum absolute atomic E-state index is 13.1. The maximum atomic E-state index is 13.1. The monoisotopic (exact) mass is 894 g/mol. The second kappa shape index (κ2) is 19.5. The minimum Gasteiger partial charge on any atom is -0.494 e. The highest BCUT2D eigenvalue weighted by atomic mass is 35.5. The molecule has 0 fully saturated rings. The highest BCUT2D eigenvalue weighted by Gasteiger charge is 2.17. The molecule has 0 saturated carbocycles. The number of para-hydroxylation sites is 4. The van der Waals surface area contributed by atoms with Crippen molar-refractivity contribution in [3.05, 3.63) is 133 Å². The fraction of sp³-hybridized carbons (Fsp3) is 0.174. The third-order valence-electron chi connectivity index (χ3n) is 10.2. The Balaban J connectivity index is 0.00000321. The number of anilines is 6. The van der Waals surface area contributed by atoms with Crippen LogP contribution in [0.3, 0.4) is 0 Å². The van der Waals surface area contributed by atoms with Crippen LogP contribution in [-0.4, -0.2) is 58.0 Å². The molecule has 322 valence electrons. The van der Waals surface area contributed by atoms with Gasteiger partial charge in [-0.1, -0.05) is 85.6 Å². The van der Waals surface area contributed by atoms with Gasteiger partial charge in [0.2, 0.25) is 20.0 Å². The molecule has 0 amide bonds. The molecule has 16 heteroatoms. The number of pyridine rings is 2. The third-order valence-corrected chi connectivity index (χ3v) is 13.0. The van der Waals surface area contributed by atoms with Gasteiger partial charge in [-0.25, -0.2) is 26.8 Å². The van der Waals surface area contributed by atoms with E-state index in [1.54, 1.807) is 36.4 Å². The van der Waals surface area contributed by atoms with Crippen LogP contribution in [0.4, 0.5) is 34.1 Å². The predicted molar refractivity (Wildman–Crippen MR) is 255 cm³/mol. The minimum absolute atomic E-state index is 0. The van der Waals surface area contributed by atoms with Crippen LogP contribution in [0.15, 0.2) is 133 Å². The number of fused-ring (bicyclic) bond motifs is 4. The Kier molecular flexibility index (Phi) is 14.2. The molecular weight excluding hydrogens is 848 g/mol. The van der Waals surface area contributed by atoms with Gasteiger partial charge in [-0.3, -0.25) is 9.44 Å². The van der Waals surface area contributed by atoms with Gasteiger partial charge in [0, 0.05) is 33.7 Å². The summed E-state index contributed by atoms with van der Waals surface area (Å²) in [5, 5.41) is 10.8. The number of unbranched alkanes of at least 4 members (excludes halogenated alkanes) is 3. The standard InChI is InChI=1S/C46H44N6O6S2.ClH.H2O/c1-57-43-29-31(23-25-41(43)49-45-33-15-5-9-19-37(33)47-38-20-10-6-16-34(38)45)51-59(53,54)27-13-3-4-14-28-60(55,56)52-32-24-26-42(44(30-32)58-2)50-46-35-17-7-11-21-39(35)48-40-22-12-8-18-36(40)46;;/h5-12,15-26,29-30,51-52H,3-4,13-14,27-28H2,1-2H3,(H,47,49)(H,48,50);1H;1H2. The molecular formula is C46H47ClN6O7S2. The second-order valence-electron chi connectivity index (χ2n) is 14.4. The predicted octanol–water partition coefficient (Wildman–Crippen LogP) is 9.93. The molecule has 62 heavy (non-hydrogen) atoms. The lowest BCUT2D eigenvalue weighted by Crippen LogP contribution is -2.18. The summed E-state index contributed by atoms with van der Waals surface area (Å²) in [7, 11) is -4.29. The van der Waals surface area contributed by atoms with Crippen molar-refractivity contribution in [3.8, 4) is 11.5 Å². The van der Waals surface area contributed by atoms with E-state index >= 15 is 0 Å². The molecule has 0 atom stereocenters. The number of nitrogens with zero attached hydrogens (tertiary/aromatic N) is 2. The van der Waals surface area contributed by atoms with Crippen LogP contribution in [-0.2, 0) is 20.0 Å². The van der Waals surface area contributed by atoms with E-state index < -0.39 is 20.0 Å². The number of methoxy groups -OCH3 is 2. The first-order valence-electron chi connectivity index (χ1n) is 19.6. The number of aromatic nitrogens is 2. The Hall–Kier alpha value is -6.39. The molecule has 0 spiro atoms. The van der Waals surface area contributed by atoms with Crippen molar-refractivity contribution < 1.29 is 31.8 Å². The molecule has 2 aromatic heterocycles. The Labute approximate surface area is 366 Å². The smallest absolute Gasteiger partial charge is 0.232 e. The molecule has 0 radical (unpaired) electrons. The number of nitrogens with one attached hydrogen (secondary N) is 4. The van der Waals surface area contributed by atoms with Crippen LogP contribution in [0, 0.1) is 0 Å². The second-order valence-corrected chi connectivity index (χ2v) is 18.1. The van der Waals surface area contributed by atoms with E-state index in [4.69, 9.17) is 19.4 Å². The van der Waals surface area contributed by atoms with Crippen LogP contribution in [0.25, 0.3) is 43.6 Å². The zero-order valence-electron chi connectivity index (χ0n) is 34.0. The number of ether oxygens (including phenoxy) is 2. The quantitative estimate of drug-likeness (QED) is 0.0505. The minimum atomic E-state index is -3.68. The molecule has 0 saturated heterocycles. The van der Waals surface area contributed by atoms with Gasteiger partial charge < -0.3 is 25.6 Å². The van der Waals surface area contributed by atoms with E-state index in [9.17, 15) is 16.8 Å². The molecule has 0 unspecified atom stereocenters. The summed E-state index contributed by atoms with van der Waals surface area (Å²) < 4.78 is 68.9. The highest BCUT2D eigenvalue weighted by Crippen LogP contribution is 2.39. The van der Waals surface area contributed by atoms with Crippen LogP contribution in [0.2, 0.25) is 0 Å². The van der Waals surface area contributed by atoms with Gasteiger partial charge in [0.05, 0.1) is 81.9 Å². The SMILES string of the molecule is COc1cc(NS(=O)(=O)CCCCCCS(=O)(=O)Nc2ccc(Nc3c4ccccc4nc4ccccc34)c(OC)c2)ccc1Nc1c2ccccc2nc2ccccc12.Cl.O. The summed E-state index contributed by atoms with van der Waals surface area (Å²) in [6.45, 7) is 0. The molecule has 2 heterocycles. The van der Waals surface area contributed by atoms with Gasteiger partial charge in [0.1, 0.15) is 11.5 Å². The summed E-state index contributed by atoms with van der Waals surface area (Å²) >= 11 is 0. The van der Waals surface area contributed by atoms with Crippen molar-refractivity contribution in [2.45, 2.75) is 25.7 Å². The van der Waals surface area contributed by atoms with Gasteiger partial charge in [-0.05, 0) is 61.4 Å². The van der Waals surface area contributed by atoms with Crippen molar-refractivity contribution in [2.24, 2.45) is 0 Å². The number of benzene rings is 6. The van der Waals surface area contributed by atoms with Crippen LogP contribution >= 0.6 is 12.4 Å². The first kappa shape index (κ1) is 45.1. The zero-order chi connectivity index (χ0) is 41.7. The first-order valence-corrected chi connectivity index (χ1v) is 22.9. The molecule has 8 aromatic rings. The molecule has 6 N–H and O–H groups in total. The Bertz CT molecular complexity index is 2780. The van der Waals surface area contributed by atoms with Gasteiger partial charge in [0.15, 0.2) is 0 Å². The van der Waals surface area contributed by atoms with E-state index in [-0.39, 0.29) is 29.4 Å². The highest BCUT2D eigenvalue weighted by molar-refractivity contribution is 7.92. The largest absolute Gasteiger partial charge is 0.494 e. The Morgan fingerprint density at radius 3 is 1.11 bits per heavy atom. The Morgan fingerprint density at radius 1 is 0.468 bits per heavy atom. The topological polar surface area (TPSA) is 192 Å². The third kappa shape index (κ3) is 10.2. The van der Waals surface area contributed by atoms with Gasteiger partial charge in [-0.15, -0.1) is 12.4 Å². The zero-order valence-corrected chi connectivity index (χ0v) is 36.5. The Morgan fingerprint density at radius 2 is 0.790 bits per heavy atom. The van der Waals surface area contributed by atoms with Gasteiger partial charge >= 0.3 is 0 Å². The molecule has 13 nitrogen and oxygen atoms in total. The number of halogens is 1. The molecule has 0 aliphatic rings. The van der Waals surface area contributed by atoms with Crippen molar-refractivity contribution in [1.29, 1.82) is 0 Å². The van der Waals surface area contributed by atoms with E-state index in [0.29, 0.717) is 59.9 Å². The lowest BCUT2D eigenvalue weighted by molar-refractivity contribution is 0.417. The summed E-state index contributed by atoms with van der Waals surface area (Å²) in [6.07, 6.45) is 1.83. The summed E-state index contributed by atoms with van der Waals surface area (Å²) in [5.41, 5.74) is 7.23. The lowest BCUT2D eigenvalue weighted by Gasteiger charge is -2.17. The van der Waals surface area contributed by atoms with Crippen molar-refractivity contribution in [3.63, 3.8) is 0 Å². The first-order chi connectivity index (χ1) is 29.1. The van der Waals surface area contributed by atoms with E-state index in [0.717, 1.165) is 55.0 Å². The van der Waals surface area contributed by atoms with E-state index in [2.05, 4.69) is 20.1 Å². The number of rotatable bonds is 17. The fourth-order valence-electron chi connectivity index (χ4n) is 7.33. The normalized spacial score (nSPS) is 11.5. The van der Waals surface area contributed by atoms with Crippen molar-refractivity contribution in [1.82, 2.24) is 9.97 Å². The van der Waals surface area contributed by atoms with E-state index in [1.807, 2.05) is 97.1 Å². The molecule has 0 aliphatic heterocycles. The molecule has 8 rings (SSSR count). The van der Waals surface area contributed by atoms with Crippen molar-refractivity contribution >= 4 is 110 Å². The van der Waals surface area contributed by atoms with Gasteiger partial charge in [-0.2, -0.15) is 0 Å². The van der Waals surface area contributed by atoms with E-state index in [1.165, 1.54) is 14.2 Å². The molecule has 0 aliphatic carbocycles. The lowest BCUT2D eigenvalue weighted by atomic mass is 10.1. The molecule has 6 aromatic carbocycles. The fourth-order valence-corrected chi connectivity index (χ4v) is 9.68. The summed E-state index contributed by atoms with van der Waals surface area (Å²) in [6, 6.07) is 41.7. The average Bonchev–Trinajstić information content (AvgIpc) is 3.25. The number of hydrogen-bond donors (Lipinski definition) is 4. The van der Waals surface area contributed by atoms with Crippen molar-refractivity contribution in [2.75, 3.05) is 45.8 Å². The van der Waals surface area contributed by atoms with Gasteiger partial charge in [0.25, 0.3) is 0 Å². The van der Waals surface area contributed by atoms with Crippen LogP contribution in [0.1, 0.15) is 25.7 Å². The number of hydrogen-bond acceptors (Lipinski definition) is 10. The maximum Gasteiger partial charge on any atom is 0.232 e. The summed E-state index contributed by atoms with van der Waals surface area (Å²) in [4.78, 5) is 9.58. The molecule has 0 bridgehead atoms. The summed E-state index contributed by atoms with van der Waals surface area (Å²) in [5.74, 6) is 0.711. The number of sulfonamides is 2. The van der Waals surface area contributed by atoms with Crippen LogP contribution in [0.5, 0.6) is 11.5 Å². The van der Waals surface area contributed by atoms with Crippen LogP contribution < -0.4 is 29.6 Å².